The second-order valence-electron chi connectivity index (χ2n) is 4.57. The highest BCUT2D eigenvalue weighted by Gasteiger charge is 2.10. The SMILES string of the molecule is OCc1ccc(CN2CCCCCCC2)o1. The molecule has 90 valence electrons. The summed E-state index contributed by atoms with van der Waals surface area (Å²) in [5.74, 6) is 1.65. The lowest BCUT2D eigenvalue weighted by Crippen LogP contribution is -2.26. The van der Waals surface area contributed by atoms with E-state index in [1.54, 1.807) is 0 Å². The molecule has 0 saturated carbocycles. The lowest BCUT2D eigenvalue weighted by atomic mass is 10.1. The topological polar surface area (TPSA) is 36.6 Å². The Balaban J connectivity index is 1.86. The Morgan fingerprint density at radius 2 is 1.62 bits per heavy atom. The van der Waals surface area contributed by atoms with Gasteiger partial charge in [0, 0.05) is 0 Å². The van der Waals surface area contributed by atoms with Gasteiger partial charge in [0.15, 0.2) is 0 Å². The molecular formula is C13H21NO2. The average Bonchev–Trinajstić information content (AvgIpc) is 2.69. The van der Waals surface area contributed by atoms with Crippen molar-refractivity contribution in [3.63, 3.8) is 0 Å². The first kappa shape index (κ1) is 11.7. The Hall–Kier alpha value is -0.800. The molecule has 1 N–H and O–H groups in total. The van der Waals surface area contributed by atoms with Crippen molar-refractivity contribution in [1.82, 2.24) is 4.90 Å². The molecule has 1 aromatic heterocycles. The van der Waals surface area contributed by atoms with E-state index < -0.39 is 0 Å². The zero-order valence-electron chi connectivity index (χ0n) is 9.82. The summed E-state index contributed by atoms with van der Waals surface area (Å²) in [4.78, 5) is 2.46. The van der Waals surface area contributed by atoms with Crippen molar-refractivity contribution in [3.8, 4) is 0 Å². The van der Waals surface area contributed by atoms with Gasteiger partial charge in [-0.05, 0) is 38.1 Å². The number of rotatable bonds is 3. The lowest BCUT2D eigenvalue weighted by Gasteiger charge is -2.23. The van der Waals surface area contributed by atoms with Gasteiger partial charge < -0.3 is 9.52 Å². The third-order valence-electron chi connectivity index (χ3n) is 3.20. The highest BCUT2D eigenvalue weighted by Crippen LogP contribution is 2.15. The van der Waals surface area contributed by atoms with Gasteiger partial charge >= 0.3 is 0 Å². The molecule has 2 heterocycles. The Morgan fingerprint density at radius 3 is 2.25 bits per heavy atom. The van der Waals surface area contributed by atoms with E-state index in [0.29, 0.717) is 5.76 Å². The van der Waals surface area contributed by atoms with Gasteiger partial charge in [0.1, 0.15) is 18.1 Å². The molecule has 1 saturated heterocycles. The van der Waals surface area contributed by atoms with Crippen LogP contribution in [0.2, 0.25) is 0 Å². The van der Waals surface area contributed by atoms with Crippen LogP contribution < -0.4 is 0 Å². The number of nitrogens with zero attached hydrogens (tertiary/aromatic N) is 1. The van der Waals surface area contributed by atoms with Crippen molar-refractivity contribution in [2.75, 3.05) is 13.1 Å². The number of hydrogen-bond acceptors (Lipinski definition) is 3. The molecular weight excluding hydrogens is 202 g/mol. The molecule has 2 rings (SSSR count). The van der Waals surface area contributed by atoms with Crippen LogP contribution in [0.5, 0.6) is 0 Å². The van der Waals surface area contributed by atoms with Crippen molar-refractivity contribution in [2.24, 2.45) is 0 Å². The van der Waals surface area contributed by atoms with Crippen LogP contribution in [0.4, 0.5) is 0 Å². The summed E-state index contributed by atoms with van der Waals surface area (Å²) in [6.07, 6.45) is 6.71. The molecule has 0 bridgehead atoms. The van der Waals surface area contributed by atoms with Crippen LogP contribution >= 0.6 is 0 Å². The minimum atomic E-state index is 0. The summed E-state index contributed by atoms with van der Waals surface area (Å²) in [6, 6.07) is 3.84. The van der Waals surface area contributed by atoms with E-state index in [-0.39, 0.29) is 6.61 Å². The van der Waals surface area contributed by atoms with Gasteiger partial charge in [0.05, 0.1) is 6.54 Å². The molecule has 3 heteroatoms. The van der Waals surface area contributed by atoms with Crippen LogP contribution in [0.3, 0.4) is 0 Å². The predicted octanol–water partition coefficient (Wildman–Crippen LogP) is 2.54. The molecule has 16 heavy (non-hydrogen) atoms. The lowest BCUT2D eigenvalue weighted by molar-refractivity contribution is 0.207. The highest BCUT2D eigenvalue weighted by atomic mass is 16.4. The van der Waals surface area contributed by atoms with E-state index >= 15 is 0 Å². The first-order valence-electron chi connectivity index (χ1n) is 6.29. The molecule has 0 unspecified atom stereocenters. The molecule has 1 aromatic rings. The molecule has 0 aliphatic carbocycles. The molecule has 1 fully saturated rings. The Bertz CT molecular complexity index is 301. The van der Waals surface area contributed by atoms with Gasteiger partial charge in [0.25, 0.3) is 0 Å². The molecule has 0 radical (unpaired) electrons. The molecule has 1 aliphatic heterocycles. The fourth-order valence-electron chi connectivity index (χ4n) is 2.28. The van der Waals surface area contributed by atoms with Crippen molar-refractivity contribution in [1.29, 1.82) is 0 Å². The summed E-state index contributed by atoms with van der Waals surface area (Å²) in [5, 5.41) is 8.93. The largest absolute Gasteiger partial charge is 0.462 e. The highest BCUT2D eigenvalue weighted by molar-refractivity contribution is 5.06. The van der Waals surface area contributed by atoms with E-state index in [0.717, 1.165) is 12.3 Å². The predicted molar refractivity (Wildman–Crippen MR) is 63.0 cm³/mol. The fourth-order valence-corrected chi connectivity index (χ4v) is 2.28. The number of hydrogen-bond donors (Lipinski definition) is 1. The molecule has 0 atom stereocenters. The average molecular weight is 223 g/mol. The van der Waals surface area contributed by atoms with E-state index in [1.807, 2.05) is 12.1 Å². The smallest absolute Gasteiger partial charge is 0.129 e. The molecule has 0 spiro atoms. The summed E-state index contributed by atoms with van der Waals surface area (Å²) in [6.45, 7) is 3.24. The van der Waals surface area contributed by atoms with E-state index in [2.05, 4.69) is 4.90 Å². The molecule has 3 nitrogen and oxygen atoms in total. The minimum absolute atomic E-state index is 0. The number of furan rings is 1. The van der Waals surface area contributed by atoms with Crippen LogP contribution in [0.15, 0.2) is 16.5 Å². The third kappa shape index (κ3) is 3.35. The van der Waals surface area contributed by atoms with Gasteiger partial charge in [-0.2, -0.15) is 0 Å². The van der Waals surface area contributed by atoms with Crippen molar-refractivity contribution >= 4 is 0 Å². The van der Waals surface area contributed by atoms with E-state index in [4.69, 9.17) is 9.52 Å². The van der Waals surface area contributed by atoms with Gasteiger partial charge in [-0.3, -0.25) is 4.90 Å². The third-order valence-corrected chi connectivity index (χ3v) is 3.20. The van der Waals surface area contributed by atoms with Crippen LogP contribution in [-0.4, -0.2) is 23.1 Å². The second kappa shape index (κ2) is 6.06. The Morgan fingerprint density at radius 1 is 1.00 bits per heavy atom. The maximum Gasteiger partial charge on any atom is 0.129 e. The second-order valence-corrected chi connectivity index (χ2v) is 4.57. The normalized spacial score (nSPS) is 19.3. The molecule has 0 aromatic carbocycles. The molecule has 1 aliphatic rings. The minimum Gasteiger partial charge on any atom is -0.462 e. The maximum absolute atomic E-state index is 8.93. The monoisotopic (exact) mass is 223 g/mol. The van der Waals surface area contributed by atoms with Gasteiger partial charge in [0.2, 0.25) is 0 Å². The summed E-state index contributed by atoms with van der Waals surface area (Å²) < 4.78 is 5.52. The maximum atomic E-state index is 8.93. The Labute approximate surface area is 97.1 Å². The van der Waals surface area contributed by atoms with E-state index in [9.17, 15) is 0 Å². The van der Waals surface area contributed by atoms with Crippen molar-refractivity contribution < 1.29 is 9.52 Å². The van der Waals surface area contributed by atoms with E-state index in [1.165, 1.54) is 45.2 Å². The standard InChI is InChI=1S/C13H21NO2/c15-11-13-7-6-12(16-13)10-14-8-4-2-1-3-5-9-14/h6-7,15H,1-5,8-11H2. The van der Waals surface area contributed by atoms with Crippen LogP contribution in [-0.2, 0) is 13.2 Å². The number of aliphatic hydroxyl groups is 1. The number of likely N-dealkylation sites (tertiary alicyclic amines) is 1. The first-order chi connectivity index (χ1) is 7.88. The van der Waals surface area contributed by atoms with Crippen LogP contribution in [0.25, 0.3) is 0 Å². The van der Waals surface area contributed by atoms with Crippen LogP contribution in [0.1, 0.15) is 43.6 Å². The van der Waals surface area contributed by atoms with Crippen molar-refractivity contribution in [3.05, 3.63) is 23.7 Å². The molecule has 0 amide bonds. The summed E-state index contributed by atoms with van der Waals surface area (Å²) in [7, 11) is 0. The van der Waals surface area contributed by atoms with Crippen LogP contribution in [0, 0.1) is 0 Å². The Kier molecular flexibility index (Phi) is 4.43. The van der Waals surface area contributed by atoms with Gasteiger partial charge in [-0.1, -0.05) is 19.3 Å². The zero-order chi connectivity index (χ0) is 11.2. The number of aliphatic hydroxyl groups excluding tert-OH is 1. The van der Waals surface area contributed by atoms with Gasteiger partial charge in [-0.25, -0.2) is 0 Å². The van der Waals surface area contributed by atoms with Crippen molar-refractivity contribution in [2.45, 2.75) is 45.3 Å². The quantitative estimate of drug-likeness (QED) is 0.855. The first-order valence-corrected chi connectivity index (χ1v) is 6.29. The summed E-state index contributed by atoms with van der Waals surface area (Å²) >= 11 is 0. The fraction of sp³-hybridized carbons (Fsp3) is 0.692. The van der Waals surface area contributed by atoms with Gasteiger partial charge in [-0.15, -0.1) is 0 Å². The summed E-state index contributed by atoms with van der Waals surface area (Å²) in [5.41, 5.74) is 0. The zero-order valence-corrected chi connectivity index (χ0v) is 9.82.